The van der Waals surface area contributed by atoms with Gasteiger partial charge in [0.2, 0.25) is 10.0 Å². The monoisotopic (exact) mass is 340 g/mol. The predicted molar refractivity (Wildman–Crippen MR) is 87.9 cm³/mol. The molecule has 0 aromatic heterocycles. The van der Waals surface area contributed by atoms with Crippen molar-refractivity contribution >= 4 is 15.9 Å². The van der Waals surface area contributed by atoms with Crippen LogP contribution in [0.3, 0.4) is 0 Å². The number of nitrogens with one attached hydrogen (secondary N) is 1. The molecule has 0 unspecified atom stereocenters. The maximum absolute atomic E-state index is 12.8. The zero-order chi connectivity index (χ0) is 17.0. The lowest BCUT2D eigenvalue weighted by molar-refractivity contribution is 0.0730. The van der Waals surface area contributed by atoms with E-state index in [1.165, 1.54) is 10.4 Å². The third kappa shape index (κ3) is 4.31. The van der Waals surface area contributed by atoms with E-state index in [0.717, 1.165) is 0 Å². The van der Waals surface area contributed by atoms with Crippen LogP contribution in [0.15, 0.2) is 23.1 Å². The Labute approximate surface area is 137 Å². The van der Waals surface area contributed by atoms with Crippen molar-refractivity contribution in [3.63, 3.8) is 0 Å². The molecule has 0 atom stereocenters. The minimum atomic E-state index is -3.61. The number of nitrogens with zero attached hydrogens (tertiary/aromatic N) is 1. The molecule has 0 radical (unpaired) electrons. The summed E-state index contributed by atoms with van der Waals surface area (Å²) in [6.45, 7) is 7.77. The fraction of sp³-hybridized carbons (Fsp3) is 0.562. The molecule has 0 spiro atoms. The van der Waals surface area contributed by atoms with E-state index in [-0.39, 0.29) is 10.8 Å². The molecule has 0 saturated carbocycles. The first-order valence-corrected chi connectivity index (χ1v) is 9.23. The second-order valence-corrected chi connectivity index (χ2v) is 8.01. The Morgan fingerprint density at radius 1 is 1.30 bits per heavy atom. The Balaban J connectivity index is 2.28. The molecule has 7 heteroatoms. The van der Waals surface area contributed by atoms with Crippen molar-refractivity contribution in [3.8, 4) is 0 Å². The van der Waals surface area contributed by atoms with Gasteiger partial charge in [0.25, 0.3) is 5.91 Å². The number of carbonyl (C=O) groups excluding carboxylic acids is 1. The second kappa shape index (κ2) is 7.42. The highest BCUT2D eigenvalue weighted by atomic mass is 32.2. The Morgan fingerprint density at radius 3 is 2.57 bits per heavy atom. The van der Waals surface area contributed by atoms with E-state index >= 15 is 0 Å². The number of amides is 1. The number of hydrogen-bond donors (Lipinski definition) is 1. The lowest BCUT2D eigenvalue weighted by Gasteiger charge is -2.26. The molecule has 1 saturated heterocycles. The summed E-state index contributed by atoms with van der Waals surface area (Å²) in [7, 11) is -3.61. The zero-order valence-electron chi connectivity index (χ0n) is 13.8. The Morgan fingerprint density at radius 2 is 1.96 bits per heavy atom. The van der Waals surface area contributed by atoms with Crippen LogP contribution >= 0.6 is 0 Å². The molecular weight excluding hydrogens is 316 g/mol. The third-order valence-electron chi connectivity index (χ3n) is 3.71. The predicted octanol–water partition coefficient (Wildman–Crippen LogP) is 1.40. The number of morpholine rings is 1. The molecule has 1 aliphatic heterocycles. The summed E-state index contributed by atoms with van der Waals surface area (Å²) in [6, 6.07) is 4.80. The summed E-state index contributed by atoms with van der Waals surface area (Å²) in [5.74, 6) is 0.0816. The van der Waals surface area contributed by atoms with Gasteiger partial charge in [-0.25, -0.2) is 8.42 Å². The fourth-order valence-corrected chi connectivity index (χ4v) is 4.00. The largest absolute Gasteiger partial charge is 0.379 e. The van der Waals surface area contributed by atoms with Crippen LogP contribution in [0.5, 0.6) is 0 Å². The van der Waals surface area contributed by atoms with Crippen molar-refractivity contribution < 1.29 is 17.9 Å². The van der Waals surface area contributed by atoms with E-state index in [0.29, 0.717) is 49.9 Å². The Bertz CT molecular complexity index is 665. The molecule has 1 N–H and O–H groups in total. The van der Waals surface area contributed by atoms with E-state index < -0.39 is 10.0 Å². The Kier molecular flexibility index (Phi) is 5.78. The molecule has 23 heavy (non-hydrogen) atoms. The highest BCUT2D eigenvalue weighted by Gasteiger charge is 2.28. The topological polar surface area (TPSA) is 75.7 Å². The highest BCUT2D eigenvalue weighted by molar-refractivity contribution is 7.89. The van der Waals surface area contributed by atoms with Crippen molar-refractivity contribution in [2.24, 2.45) is 5.92 Å². The standard InChI is InChI=1S/C16H24N2O4S/c1-12(2)11-17-16(19)14-5-4-13(3)15(10-14)23(20,21)18-6-8-22-9-7-18/h4-5,10,12H,6-9,11H2,1-3H3,(H,17,19). The van der Waals surface area contributed by atoms with E-state index in [2.05, 4.69) is 5.32 Å². The first kappa shape index (κ1) is 17.9. The molecule has 1 amide bonds. The van der Waals surface area contributed by atoms with Crippen LogP contribution in [-0.4, -0.2) is 51.5 Å². The van der Waals surface area contributed by atoms with Crippen LogP contribution in [0.25, 0.3) is 0 Å². The summed E-state index contributed by atoms with van der Waals surface area (Å²) >= 11 is 0. The molecule has 2 rings (SSSR count). The molecule has 128 valence electrons. The van der Waals surface area contributed by atoms with Crippen LogP contribution in [-0.2, 0) is 14.8 Å². The van der Waals surface area contributed by atoms with Crippen LogP contribution < -0.4 is 5.32 Å². The number of hydrogen-bond acceptors (Lipinski definition) is 4. The van der Waals surface area contributed by atoms with Crippen LogP contribution in [0, 0.1) is 12.8 Å². The molecule has 0 bridgehead atoms. The summed E-state index contributed by atoms with van der Waals surface area (Å²) < 4.78 is 32.2. The van der Waals surface area contributed by atoms with Gasteiger partial charge in [-0.3, -0.25) is 4.79 Å². The molecule has 1 aromatic carbocycles. The zero-order valence-corrected chi connectivity index (χ0v) is 14.6. The van der Waals surface area contributed by atoms with Gasteiger partial charge in [0, 0.05) is 25.2 Å². The van der Waals surface area contributed by atoms with E-state index in [1.807, 2.05) is 13.8 Å². The van der Waals surface area contributed by atoms with Crippen LogP contribution in [0.2, 0.25) is 0 Å². The molecule has 1 aliphatic rings. The number of ether oxygens (including phenoxy) is 1. The van der Waals surface area contributed by atoms with Gasteiger partial charge in [0.1, 0.15) is 0 Å². The van der Waals surface area contributed by atoms with Gasteiger partial charge in [-0.15, -0.1) is 0 Å². The number of aryl methyl sites for hydroxylation is 1. The summed E-state index contributed by atoms with van der Waals surface area (Å²) in [6.07, 6.45) is 0. The maximum Gasteiger partial charge on any atom is 0.251 e. The summed E-state index contributed by atoms with van der Waals surface area (Å²) in [5, 5.41) is 2.81. The molecule has 0 aliphatic carbocycles. The van der Waals surface area contributed by atoms with Crippen molar-refractivity contribution in [1.29, 1.82) is 0 Å². The molecule has 1 aromatic rings. The number of rotatable bonds is 5. The maximum atomic E-state index is 12.8. The first-order valence-electron chi connectivity index (χ1n) is 7.79. The van der Waals surface area contributed by atoms with Gasteiger partial charge in [0.15, 0.2) is 0 Å². The number of sulfonamides is 1. The van der Waals surface area contributed by atoms with E-state index in [1.54, 1.807) is 19.1 Å². The fourth-order valence-electron chi connectivity index (χ4n) is 2.34. The smallest absolute Gasteiger partial charge is 0.251 e. The van der Waals surface area contributed by atoms with Crippen LogP contribution in [0.4, 0.5) is 0 Å². The van der Waals surface area contributed by atoms with E-state index in [4.69, 9.17) is 4.74 Å². The molecule has 1 fully saturated rings. The van der Waals surface area contributed by atoms with Gasteiger partial charge in [0.05, 0.1) is 18.1 Å². The molecule has 6 nitrogen and oxygen atoms in total. The lowest BCUT2D eigenvalue weighted by Crippen LogP contribution is -2.41. The van der Waals surface area contributed by atoms with Gasteiger partial charge in [-0.2, -0.15) is 4.31 Å². The summed E-state index contributed by atoms with van der Waals surface area (Å²) in [4.78, 5) is 12.4. The van der Waals surface area contributed by atoms with Crippen molar-refractivity contribution in [1.82, 2.24) is 9.62 Å². The van der Waals surface area contributed by atoms with Gasteiger partial charge < -0.3 is 10.1 Å². The van der Waals surface area contributed by atoms with Gasteiger partial charge >= 0.3 is 0 Å². The average Bonchev–Trinajstić information content (AvgIpc) is 2.53. The minimum Gasteiger partial charge on any atom is -0.379 e. The Hall–Kier alpha value is -1.44. The quantitative estimate of drug-likeness (QED) is 0.879. The van der Waals surface area contributed by atoms with Crippen molar-refractivity contribution in [2.75, 3.05) is 32.8 Å². The van der Waals surface area contributed by atoms with Gasteiger partial charge in [-0.1, -0.05) is 19.9 Å². The third-order valence-corrected chi connectivity index (χ3v) is 5.75. The van der Waals surface area contributed by atoms with E-state index in [9.17, 15) is 13.2 Å². The SMILES string of the molecule is Cc1ccc(C(=O)NCC(C)C)cc1S(=O)(=O)N1CCOCC1. The van der Waals surface area contributed by atoms with Gasteiger partial charge in [-0.05, 0) is 30.5 Å². The first-order chi connectivity index (χ1) is 10.8. The second-order valence-electron chi connectivity index (χ2n) is 6.10. The van der Waals surface area contributed by atoms with Crippen molar-refractivity contribution in [3.05, 3.63) is 29.3 Å². The normalized spacial score (nSPS) is 16.5. The van der Waals surface area contributed by atoms with Crippen LogP contribution in [0.1, 0.15) is 29.8 Å². The number of benzene rings is 1. The lowest BCUT2D eigenvalue weighted by atomic mass is 10.1. The minimum absolute atomic E-state index is 0.191. The highest BCUT2D eigenvalue weighted by Crippen LogP contribution is 2.22. The average molecular weight is 340 g/mol. The summed E-state index contributed by atoms with van der Waals surface area (Å²) in [5.41, 5.74) is 1.000. The van der Waals surface area contributed by atoms with Crippen molar-refractivity contribution in [2.45, 2.75) is 25.7 Å². The molecular formula is C16H24N2O4S. The number of carbonyl (C=O) groups is 1. The molecule has 1 heterocycles.